The molecule has 0 atom stereocenters. The fourth-order valence-corrected chi connectivity index (χ4v) is 4.14. The summed E-state index contributed by atoms with van der Waals surface area (Å²) in [5.74, 6) is 0.251. The molecule has 1 saturated heterocycles. The standard InChI is InChI=1S/C21H28N4OS/c1-16-19(17(2)23-21(22-16)27-3)9-10-20(26)25-13-11-24(12-14-25)15-18-7-5-4-6-8-18/h4-8H,9-15H2,1-3H3/p+1. The van der Waals surface area contributed by atoms with Crippen molar-refractivity contribution < 1.29 is 9.69 Å². The molecule has 1 aromatic heterocycles. The maximum atomic E-state index is 12.7. The summed E-state index contributed by atoms with van der Waals surface area (Å²) in [7, 11) is 0. The molecule has 5 nitrogen and oxygen atoms in total. The van der Waals surface area contributed by atoms with Gasteiger partial charge in [-0.15, -0.1) is 0 Å². The van der Waals surface area contributed by atoms with Gasteiger partial charge in [-0.25, -0.2) is 9.97 Å². The van der Waals surface area contributed by atoms with Crippen molar-refractivity contribution in [2.75, 3.05) is 32.4 Å². The monoisotopic (exact) mass is 385 g/mol. The molecule has 1 N–H and O–H groups in total. The molecular formula is C21H29N4OS+. The highest BCUT2D eigenvalue weighted by Crippen LogP contribution is 2.17. The number of carbonyl (C=O) groups is 1. The summed E-state index contributed by atoms with van der Waals surface area (Å²) >= 11 is 1.55. The molecule has 1 fully saturated rings. The van der Waals surface area contributed by atoms with Crippen molar-refractivity contribution in [3.63, 3.8) is 0 Å². The minimum atomic E-state index is 0.251. The summed E-state index contributed by atoms with van der Waals surface area (Å²) < 4.78 is 0. The Bertz CT molecular complexity index is 750. The minimum Gasteiger partial charge on any atom is -0.331 e. The van der Waals surface area contributed by atoms with E-state index in [-0.39, 0.29) is 5.91 Å². The van der Waals surface area contributed by atoms with Crippen LogP contribution in [0.1, 0.15) is 28.9 Å². The van der Waals surface area contributed by atoms with Crippen LogP contribution in [0.25, 0.3) is 0 Å². The van der Waals surface area contributed by atoms with E-state index in [1.54, 1.807) is 16.7 Å². The Kier molecular flexibility index (Phi) is 6.85. The molecule has 1 aliphatic heterocycles. The molecule has 27 heavy (non-hydrogen) atoms. The lowest BCUT2D eigenvalue weighted by molar-refractivity contribution is -0.917. The molecule has 0 bridgehead atoms. The van der Waals surface area contributed by atoms with E-state index in [1.165, 1.54) is 5.56 Å². The minimum absolute atomic E-state index is 0.251. The van der Waals surface area contributed by atoms with Gasteiger partial charge >= 0.3 is 0 Å². The molecule has 144 valence electrons. The number of rotatable bonds is 6. The van der Waals surface area contributed by atoms with Crippen LogP contribution in [0.2, 0.25) is 0 Å². The normalized spacial score (nSPS) is 15.1. The first-order valence-corrected chi connectivity index (χ1v) is 10.8. The maximum Gasteiger partial charge on any atom is 0.223 e. The highest BCUT2D eigenvalue weighted by Gasteiger charge is 2.24. The molecular weight excluding hydrogens is 356 g/mol. The second kappa shape index (κ2) is 9.33. The van der Waals surface area contributed by atoms with Crippen molar-refractivity contribution in [3.05, 3.63) is 52.8 Å². The van der Waals surface area contributed by atoms with Gasteiger partial charge in [-0.2, -0.15) is 0 Å². The number of amides is 1. The Morgan fingerprint density at radius 2 is 1.74 bits per heavy atom. The number of nitrogens with one attached hydrogen (secondary N) is 1. The Balaban J connectivity index is 1.49. The van der Waals surface area contributed by atoms with E-state index in [9.17, 15) is 4.79 Å². The van der Waals surface area contributed by atoms with Crippen molar-refractivity contribution in [3.8, 4) is 0 Å². The summed E-state index contributed by atoms with van der Waals surface area (Å²) in [4.78, 5) is 25.3. The maximum absolute atomic E-state index is 12.7. The molecule has 1 aliphatic rings. The lowest BCUT2D eigenvalue weighted by atomic mass is 10.1. The van der Waals surface area contributed by atoms with Gasteiger partial charge < -0.3 is 9.80 Å². The van der Waals surface area contributed by atoms with E-state index in [1.807, 2.05) is 25.0 Å². The van der Waals surface area contributed by atoms with Gasteiger partial charge in [-0.05, 0) is 32.1 Å². The molecule has 0 spiro atoms. The Morgan fingerprint density at radius 1 is 1.11 bits per heavy atom. The summed E-state index contributed by atoms with van der Waals surface area (Å²) in [5.41, 5.74) is 4.48. The average Bonchev–Trinajstić information content (AvgIpc) is 2.68. The van der Waals surface area contributed by atoms with Gasteiger partial charge in [0, 0.05) is 23.4 Å². The number of hydrogen-bond acceptors (Lipinski definition) is 4. The van der Waals surface area contributed by atoms with Crippen LogP contribution in [-0.2, 0) is 17.8 Å². The zero-order valence-corrected chi connectivity index (χ0v) is 17.3. The van der Waals surface area contributed by atoms with Crippen molar-refractivity contribution in [2.45, 2.75) is 38.4 Å². The first kappa shape index (κ1) is 19.8. The number of benzene rings is 1. The number of nitrogens with zero attached hydrogens (tertiary/aromatic N) is 3. The molecule has 1 amide bonds. The fourth-order valence-electron chi connectivity index (χ4n) is 3.69. The summed E-state index contributed by atoms with van der Waals surface area (Å²) in [6, 6.07) is 10.6. The van der Waals surface area contributed by atoms with Crippen molar-refractivity contribution in [2.24, 2.45) is 0 Å². The summed E-state index contributed by atoms with van der Waals surface area (Å²) in [6.07, 6.45) is 3.25. The Labute approximate surface area is 166 Å². The van der Waals surface area contributed by atoms with E-state index < -0.39 is 0 Å². The van der Waals surface area contributed by atoms with Gasteiger partial charge in [0.05, 0.1) is 26.2 Å². The van der Waals surface area contributed by atoms with Gasteiger partial charge in [0.15, 0.2) is 5.16 Å². The van der Waals surface area contributed by atoms with Gasteiger partial charge in [-0.1, -0.05) is 42.1 Å². The van der Waals surface area contributed by atoms with E-state index in [2.05, 4.69) is 40.3 Å². The van der Waals surface area contributed by atoms with Crippen LogP contribution in [0.4, 0.5) is 0 Å². The van der Waals surface area contributed by atoms with Crippen molar-refractivity contribution in [1.29, 1.82) is 0 Å². The lowest BCUT2D eigenvalue weighted by Gasteiger charge is -2.32. The predicted molar refractivity (Wildman–Crippen MR) is 109 cm³/mol. The van der Waals surface area contributed by atoms with Crippen LogP contribution >= 0.6 is 11.8 Å². The highest BCUT2D eigenvalue weighted by molar-refractivity contribution is 7.98. The summed E-state index contributed by atoms with van der Waals surface area (Å²) in [5, 5.41) is 0.803. The van der Waals surface area contributed by atoms with Crippen LogP contribution in [0.5, 0.6) is 0 Å². The van der Waals surface area contributed by atoms with E-state index >= 15 is 0 Å². The number of quaternary nitrogens is 1. The molecule has 0 saturated carbocycles. The van der Waals surface area contributed by atoms with E-state index in [4.69, 9.17) is 0 Å². The topological polar surface area (TPSA) is 50.5 Å². The van der Waals surface area contributed by atoms with Gasteiger partial charge in [0.2, 0.25) is 5.91 Å². The number of aryl methyl sites for hydroxylation is 2. The van der Waals surface area contributed by atoms with E-state index in [0.717, 1.165) is 61.3 Å². The number of hydrogen-bond donors (Lipinski definition) is 1. The molecule has 2 aromatic rings. The SMILES string of the molecule is CSc1nc(C)c(CCC(=O)N2CC[NH+](Cc3ccccc3)CC2)c(C)n1. The molecule has 6 heteroatoms. The lowest BCUT2D eigenvalue weighted by Crippen LogP contribution is -3.13. The molecule has 1 aromatic carbocycles. The van der Waals surface area contributed by atoms with Crippen molar-refractivity contribution >= 4 is 17.7 Å². The Morgan fingerprint density at radius 3 is 2.33 bits per heavy atom. The predicted octanol–water partition coefficient (Wildman–Crippen LogP) is 1.68. The third-order valence-corrected chi connectivity index (χ3v) is 5.84. The number of thioether (sulfide) groups is 1. The molecule has 3 rings (SSSR count). The van der Waals surface area contributed by atoms with Gasteiger partial charge in [0.1, 0.15) is 6.54 Å². The highest BCUT2D eigenvalue weighted by atomic mass is 32.2. The first-order valence-electron chi connectivity index (χ1n) is 9.60. The number of piperazine rings is 1. The van der Waals surface area contributed by atoms with Crippen LogP contribution in [-0.4, -0.2) is 53.2 Å². The third kappa shape index (κ3) is 5.30. The molecule has 0 radical (unpaired) electrons. The van der Waals surface area contributed by atoms with Gasteiger partial charge in [-0.3, -0.25) is 4.79 Å². The summed E-state index contributed by atoms with van der Waals surface area (Å²) in [6.45, 7) is 8.80. The van der Waals surface area contributed by atoms with Crippen LogP contribution in [0, 0.1) is 13.8 Å². The first-order chi connectivity index (χ1) is 13.1. The zero-order chi connectivity index (χ0) is 19.2. The van der Waals surface area contributed by atoms with Crippen LogP contribution in [0.3, 0.4) is 0 Å². The quantitative estimate of drug-likeness (QED) is 0.607. The van der Waals surface area contributed by atoms with Crippen LogP contribution < -0.4 is 4.90 Å². The number of carbonyl (C=O) groups excluding carboxylic acids is 1. The second-order valence-corrected chi connectivity index (χ2v) is 7.93. The molecule has 0 aliphatic carbocycles. The second-order valence-electron chi connectivity index (χ2n) is 7.15. The van der Waals surface area contributed by atoms with Gasteiger partial charge in [0.25, 0.3) is 0 Å². The number of aromatic nitrogens is 2. The zero-order valence-electron chi connectivity index (χ0n) is 16.5. The smallest absolute Gasteiger partial charge is 0.223 e. The van der Waals surface area contributed by atoms with Crippen molar-refractivity contribution in [1.82, 2.24) is 14.9 Å². The Hall–Kier alpha value is -1.92. The fraction of sp³-hybridized carbons (Fsp3) is 0.476. The average molecular weight is 386 g/mol. The largest absolute Gasteiger partial charge is 0.331 e. The van der Waals surface area contributed by atoms with E-state index in [0.29, 0.717) is 6.42 Å². The molecule has 0 unspecified atom stereocenters. The molecule has 2 heterocycles. The van der Waals surface area contributed by atoms with Crippen LogP contribution in [0.15, 0.2) is 35.5 Å². The third-order valence-electron chi connectivity index (χ3n) is 5.29.